The predicted octanol–water partition coefficient (Wildman–Crippen LogP) is 9.35. The molecular formula is C31H52O3. The summed E-state index contributed by atoms with van der Waals surface area (Å²) in [6.07, 6.45) is 0. The van der Waals surface area contributed by atoms with Crippen LogP contribution in [-0.4, -0.2) is 13.1 Å². The maximum Gasteiger partial charge on any atom is 0.308 e. The molecule has 0 radical (unpaired) electrons. The second kappa shape index (κ2) is 14.9. The van der Waals surface area contributed by atoms with E-state index in [9.17, 15) is 4.79 Å². The van der Waals surface area contributed by atoms with Crippen molar-refractivity contribution >= 4 is 5.97 Å². The average molecular weight is 473 g/mol. The van der Waals surface area contributed by atoms with Crippen molar-refractivity contribution in [1.29, 1.82) is 0 Å². The van der Waals surface area contributed by atoms with Crippen LogP contribution in [0.3, 0.4) is 0 Å². The van der Waals surface area contributed by atoms with E-state index in [2.05, 4.69) is 58.9 Å². The van der Waals surface area contributed by atoms with Crippen LogP contribution in [0.4, 0.5) is 0 Å². The second-order valence-corrected chi connectivity index (χ2v) is 8.40. The largest absolute Gasteiger partial charge is 0.497 e. The van der Waals surface area contributed by atoms with Crippen molar-refractivity contribution < 1.29 is 14.3 Å². The molecule has 0 saturated heterocycles. The van der Waals surface area contributed by atoms with Crippen LogP contribution in [-0.2, 0) is 15.6 Å². The molecule has 3 nitrogen and oxygen atoms in total. The number of fused-ring (bicyclic) bond motifs is 1. The monoisotopic (exact) mass is 472 g/mol. The minimum atomic E-state index is -0.304. The summed E-state index contributed by atoms with van der Waals surface area (Å²) in [5.41, 5.74) is 3.63. The standard InChI is InChI=1S/C23H28O3.4C2H6/c1-15(24)26-17-10-8-16(9-11-17)23(6)20-14-18(25-7)12-13-19(20)21(2,3)22(23,4)5;4*1-2/h8-14H,1-7H3;4*1-2H3. The fourth-order valence-corrected chi connectivity index (χ4v) is 4.45. The van der Waals surface area contributed by atoms with Crippen LogP contribution in [0, 0.1) is 5.41 Å². The Kier molecular flexibility index (Phi) is 14.8. The van der Waals surface area contributed by atoms with Crippen molar-refractivity contribution in [3.63, 3.8) is 0 Å². The Bertz CT molecular complexity index is 847. The van der Waals surface area contributed by atoms with Gasteiger partial charge in [-0.1, -0.05) is 108 Å². The number of ether oxygens (including phenoxy) is 2. The summed E-state index contributed by atoms with van der Waals surface area (Å²) in [5, 5.41) is 0. The van der Waals surface area contributed by atoms with Gasteiger partial charge in [-0.2, -0.15) is 0 Å². The van der Waals surface area contributed by atoms with E-state index in [0.29, 0.717) is 5.75 Å². The Labute approximate surface area is 211 Å². The minimum absolute atomic E-state index is 0.00207. The first-order valence-corrected chi connectivity index (χ1v) is 13.0. The molecule has 1 aliphatic carbocycles. The van der Waals surface area contributed by atoms with Gasteiger partial charge in [-0.3, -0.25) is 4.79 Å². The molecule has 0 spiro atoms. The van der Waals surface area contributed by atoms with Gasteiger partial charge >= 0.3 is 5.97 Å². The predicted molar refractivity (Wildman–Crippen MR) is 149 cm³/mol. The number of esters is 1. The molecule has 0 heterocycles. The molecule has 3 rings (SSSR count). The number of hydrogen-bond donors (Lipinski definition) is 0. The van der Waals surface area contributed by atoms with Crippen LogP contribution < -0.4 is 9.47 Å². The van der Waals surface area contributed by atoms with Gasteiger partial charge in [0.1, 0.15) is 11.5 Å². The van der Waals surface area contributed by atoms with Gasteiger partial charge in [-0.05, 0) is 51.8 Å². The normalized spacial score (nSPS) is 18.0. The first-order valence-electron chi connectivity index (χ1n) is 13.0. The third-order valence-electron chi connectivity index (χ3n) is 6.94. The highest BCUT2D eigenvalue weighted by Crippen LogP contribution is 2.64. The molecule has 2 aromatic carbocycles. The summed E-state index contributed by atoms with van der Waals surface area (Å²) < 4.78 is 10.7. The fourth-order valence-electron chi connectivity index (χ4n) is 4.45. The van der Waals surface area contributed by atoms with Gasteiger partial charge in [-0.25, -0.2) is 0 Å². The van der Waals surface area contributed by atoms with Crippen molar-refractivity contribution in [3.05, 3.63) is 59.2 Å². The Morgan fingerprint density at radius 1 is 0.676 bits per heavy atom. The number of hydrogen-bond acceptors (Lipinski definition) is 3. The third kappa shape index (κ3) is 6.23. The van der Waals surface area contributed by atoms with Crippen molar-refractivity contribution in [2.45, 2.75) is 108 Å². The van der Waals surface area contributed by atoms with Gasteiger partial charge in [0.05, 0.1) is 7.11 Å². The van der Waals surface area contributed by atoms with E-state index < -0.39 is 0 Å². The minimum Gasteiger partial charge on any atom is -0.497 e. The van der Waals surface area contributed by atoms with Crippen LogP contribution in [0.15, 0.2) is 42.5 Å². The zero-order valence-corrected chi connectivity index (χ0v) is 24.8. The highest BCUT2D eigenvalue weighted by molar-refractivity contribution is 5.69. The summed E-state index contributed by atoms with van der Waals surface area (Å²) in [5.74, 6) is 1.15. The SMILES string of the molecule is CC.CC.CC.CC.COc1ccc2c(c1)C(C)(c1ccc(OC(C)=O)cc1)C(C)(C)C2(C)C. The van der Waals surface area contributed by atoms with Crippen LogP contribution in [0.5, 0.6) is 11.5 Å². The van der Waals surface area contributed by atoms with E-state index in [1.165, 1.54) is 23.6 Å². The molecule has 2 aromatic rings. The lowest BCUT2D eigenvalue weighted by molar-refractivity contribution is -0.131. The van der Waals surface area contributed by atoms with Gasteiger partial charge in [-0.15, -0.1) is 0 Å². The molecule has 0 bridgehead atoms. The highest BCUT2D eigenvalue weighted by Gasteiger charge is 2.59. The molecule has 0 fully saturated rings. The molecule has 194 valence electrons. The lowest BCUT2D eigenvalue weighted by Gasteiger charge is -2.47. The molecule has 34 heavy (non-hydrogen) atoms. The van der Waals surface area contributed by atoms with Crippen molar-refractivity contribution in [2.75, 3.05) is 7.11 Å². The van der Waals surface area contributed by atoms with E-state index in [-0.39, 0.29) is 22.2 Å². The second-order valence-electron chi connectivity index (χ2n) is 8.40. The lowest BCUT2D eigenvalue weighted by atomic mass is 9.56. The molecule has 1 unspecified atom stereocenters. The molecule has 0 aromatic heterocycles. The lowest BCUT2D eigenvalue weighted by Crippen LogP contribution is -2.44. The fraction of sp³-hybridized carbons (Fsp3) is 0.581. The Morgan fingerprint density at radius 3 is 1.53 bits per heavy atom. The molecule has 1 aliphatic rings. The maximum absolute atomic E-state index is 11.2. The average Bonchev–Trinajstić information content (AvgIpc) is 2.99. The summed E-state index contributed by atoms with van der Waals surface area (Å²) in [7, 11) is 1.71. The molecular weight excluding hydrogens is 420 g/mol. The number of benzene rings is 2. The Balaban J connectivity index is 0. The van der Waals surface area contributed by atoms with Gasteiger partial charge in [0.25, 0.3) is 0 Å². The number of rotatable bonds is 3. The number of carbonyl (C=O) groups excluding carboxylic acids is 1. The van der Waals surface area contributed by atoms with E-state index in [1.54, 1.807) is 7.11 Å². The molecule has 1 atom stereocenters. The first kappa shape index (κ1) is 33.9. The topological polar surface area (TPSA) is 35.5 Å². The van der Waals surface area contributed by atoms with Crippen molar-refractivity contribution in [2.24, 2.45) is 5.41 Å². The zero-order chi connectivity index (χ0) is 27.3. The molecule has 0 amide bonds. The van der Waals surface area contributed by atoms with E-state index in [0.717, 1.165) is 5.75 Å². The van der Waals surface area contributed by atoms with E-state index in [1.807, 2.05) is 73.6 Å². The molecule has 3 heteroatoms. The van der Waals surface area contributed by atoms with Gasteiger partial charge < -0.3 is 9.47 Å². The van der Waals surface area contributed by atoms with E-state index >= 15 is 0 Å². The maximum atomic E-state index is 11.2. The molecule has 0 saturated carbocycles. The van der Waals surface area contributed by atoms with Crippen LogP contribution in [0.2, 0.25) is 0 Å². The molecule has 0 aliphatic heterocycles. The van der Waals surface area contributed by atoms with Crippen molar-refractivity contribution in [3.8, 4) is 11.5 Å². The summed E-state index contributed by atoms with van der Waals surface area (Å²) in [6.45, 7) is 29.0. The first-order chi connectivity index (χ1) is 16.1. The number of methoxy groups -OCH3 is 1. The Hall–Kier alpha value is -2.29. The summed E-state index contributed by atoms with van der Waals surface area (Å²) >= 11 is 0. The quantitative estimate of drug-likeness (QED) is 0.330. The van der Waals surface area contributed by atoms with Crippen LogP contribution in [0.25, 0.3) is 0 Å². The van der Waals surface area contributed by atoms with Gasteiger partial charge in [0, 0.05) is 12.3 Å². The molecule has 0 N–H and O–H groups in total. The van der Waals surface area contributed by atoms with Crippen molar-refractivity contribution in [1.82, 2.24) is 0 Å². The third-order valence-corrected chi connectivity index (χ3v) is 6.94. The van der Waals surface area contributed by atoms with Gasteiger partial charge in [0.2, 0.25) is 0 Å². The van der Waals surface area contributed by atoms with Crippen LogP contribution >= 0.6 is 0 Å². The summed E-state index contributed by atoms with van der Waals surface area (Å²) in [4.78, 5) is 11.2. The number of carbonyl (C=O) groups is 1. The highest BCUT2D eigenvalue weighted by atomic mass is 16.5. The van der Waals surface area contributed by atoms with Crippen LogP contribution in [0.1, 0.15) is 114 Å². The zero-order valence-electron chi connectivity index (χ0n) is 24.8. The summed E-state index contributed by atoms with van der Waals surface area (Å²) in [6, 6.07) is 14.3. The Morgan fingerprint density at radius 2 is 1.12 bits per heavy atom. The smallest absolute Gasteiger partial charge is 0.308 e. The van der Waals surface area contributed by atoms with E-state index in [4.69, 9.17) is 9.47 Å². The van der Waals surface area contributed by atoms with Gasteiger partial charge in [0.15, 0.2) is 0 Å².